The highest BCUT2D eigenvalue weighted by Crippen LogP contribution is 2.29. The molecule has 1 heterocycles. The molecule has 0 aromatic carbocycles. The number of ether oxygens (including phenoxy) is 6. The summed E-state index contributed by atoms with van der Waals surface area (Å²) < 4.78 is 32.2. The maximum absolute atomic E-state index is 11.5. The van der Waals surface area contributed by atoms with Crippen molar-refractivity contribution < 1.29 is 42.8 Å². The average molecular weight is 398 g/mol. The molecule has 0 aromatic heterocycles. The van der Waals surface area contributed by atoms with Gasteiger partial charge >= 0.3 is 17.9 Å². The van der Waals surface area contributed by atoms with Crippen LogP contribution in [0.2, 0.25) is 0 Å². The van der Waals surface area contributed by atoms with Crippen LogP contribution in [0.15, 0.2) is 12.2 Å². The van der Waals surface area contributed by atoms with Crippen molar-refractivity contribution in [2.45, 2.75) is 58.4 Å². The predicted molar refractivity (Wildman–Crippen MR) is 95.7 cm³/mol. The summed E-state index contributed by atoms with van der Waals surface area (Å²) >= 11 is 0. The fourth-order valence-electron chi connectivity index (χ4n) is 2.58. The third-order valence-corrected chi connectivity index (χ3v) is 3.56. The third kappa shape index (κ3) is 8.08. The van der Waals surface area contributed by atoms with Crippen LogP contribution in [0.5, 0.6) is 0 Å². The van der Waals surface area contributed by atoms with Gasteiger partial charge in [-0.1, -0.05) is 18.1 Å². The molecule has 1 fully saturated rings. The third-order valence-electron chi connectivity index (χ3n) is 3.56. The standard InChI is InChI=1S/C19H26O9/c1-6-9-23-10-7-8-11-24-19-18(28-15(5)22)17(27-14(4)21)16(12(2)25-19)26-13(3)20/h1,7-8,12,16-19H,9-11H2,2-5H3/b8-7-. The number of hydrogen-bond donors (Lipinski definition) is 0. The first kappa shape index (κ1) is 23.6. The minimum Gasteiger partial charge on any atom is -0.456 e. The molecule has 0 aliphatic carbocycles. The Bertz CT molecular complexity index is 607. The smallest absolute Gasteiger partial charge is 0.303 e. The van der Waals surface area contributed by atoms with Crippen molar-refractivity contribution in [3.63, 3.8) is 0 Å². The summed E-state index contributed by atoms with van der Waals surface area (Å²) in [6.07, 6.45) is 3.59. The zero-order chi connectivity index (χ0) is 21.1. The highest BCUT2D eigenvalue weighted by atomic mass is 16.7. The van der Waals surface area contributed by atoms with Gasteiger partial charge < -0.3 is 28.4 Å². The molecule has 0 amide bonds. The molecule has 0 aromatic rings. The maximum Gasteiger partial charge on any atom is 0.303 e. The van der Waals surface area contributed by atoms with Crippen LogP contribution in [0.4, 0.5) is 0 Å². The minimum absolute atomic E-state index is 0.111. The first-order valence-corrected chi connectivity index (χ1v) is 8.71. The van der Waals surface area contributed by atoms with E-state index in [1.54, 1.807) is 19.1 Å². The van der Waals surface area contributed by atoms with Crippen LogP contribution >= 0.6 is 0 Å². The first-order chi connectivity index (χ1) is 13.3. The second-order valence-corrected chi connectivity index (χ2v) is 5.96. The quantitative estimate of drug-likeness (QED) is 0.183. The van der Waals surface area contributed by atoms with Gasteiger partial charge in [0, 0.05) is 20.8 Å². The number of rotatable bonds is 9. The molecule has 0 radical (unpaired) electrons. The van der Waals surface area contributed by atoms with Gasteiger partial charge in [0.1, 0.15) is 6.61 Å². The van der Waals surface area contributed by atoms with E-state index in [0.717, 1.165) is 0 Å². The molecule has 156 valence electrons. The van der Waals surface area contributed by atoms with Gasteiger partial charge in [-0.15, -0.1) is 6.42 Å². The van der Waals surface area contributed by atoms with Gasteiger partial charge in [-0.2, -0.15) is 0 Å². The summed E-state index contributed by atoms with van der Waals surface area (Å²) in [5, 5.41) is 0. The van der Waals surface area contributed by atoms with Crippen molar-refractivity contribution in [1.82, 2.24) is 0 Å². The van der Waals surface area contributed by atoms with E-state index in [1.807, 2.05) is 0 Å². The summed E-state index contributed by atoms with van der Waals surface area (Å²) in [4.78, 5) is 34.5. The molecular weight excluding hydrogens is 372 g/mol. The molecule has 0 spiro atoms. The lowest BCUT2D eigenvalue weighted by Crippen LogP contribution is -2.61. The van der Waals surface area contributed by atoms with E-state index < -0.39 is 48.6 Å². The number of hydrogen-bond acceptors (Lipinski definition) is 9. The van der Waals surface area contributed by atoms with Gasteiger partial charge in [0.05, 0.1) is 19.3 Å². The van der Waals surface area contributed by atoms with E-state index in [4.69, 9.17) is 34.8 Å². The van der Waals surface area contributed by atoms with E-state index >= 15 is 0 Å². The Morgan fingerprint density at radius 1 is 0.929 bits per heavy atom. The van der Waals surface area contributed by atoms with Crippen LogP contribution in [0.25, 0.3) is 0 Å². The van der Waals surface area contributed by atoms with E-state index in [1.165, 1.54) is 20.8 Å². The van der Waals surface area contributed by atoms with Gasteiger partial charge in [0.25, 0.3) is 0 Å². The summed E-state index contributed by atoms with van der Waals surface area (Å²) in [5.74, 6) is 0.497. The Hall–Kier alpha value is -2.41. The monoisotopic (exact) mass is 398 g/mol. The molecule has 1 rings (SSSR count). The first-order valence-electron chi connectivity index (χ1n) is 8.71. The van der Waals surface area contributed by atoms with Gasteiger partial charge in [-0.3, -0.25) is 14.4 Å². The van der Waals surface area contributed by atoms with Crippen molar-refractivity contribution >= 4 is 17.9 Å². The Morgan fingerprint density at radius 3 is 2.04 bits per heavy atom. The molecule has 1 aliphatic heterocycles. The van der Waals surface area contributed by atoms with Crippen LogP contribution in [0.1, 0.15) is 27.7 Å². The van der Waals surface area contributed by atoms with Crippen molar-refractivity contribution in [2.24, 2.45) is 0 Å². The zero-order valence-corrected chi connectivity index (χ0v) is 16.4. The lowest BCUT2D eigenvalue weighted by molar-refractivity contribution is -0.298. The van der Waals surface area contributed by atoms with Crippen LogP contribution in [0.3, 0.4) is 0 Å². The fraction of sp³-hybridized carbons (Fsp3) is 0.632. The molecule has 1 saturated heterocycles. The topological polar surface area (TPSA) is 107 Å². The summed E-state index contributed by atoms with van der Waals surface area (Å²) in [6.45, 7) is 5.87. The lowest BCUT2D eigenvalue weighted by Gasteiger charge is -2.43. The average Bonchev–Trinajstić information content (AvgIpc) is 2.59. The van der Waals surface area contributed by atoms with Crippen molar-refractivity contribution in [2.75, 3.05) is 19.8 Å². The Morgan fingerprint density at radius 2 is 1.46 bits per heavy atom. The second kappa shape index (κ2) is 12.1. The maximum atomic E-state index is 11.5. The van der Waals surface area contributed by atoms with Gasteiger partial charge in [-0.25, -0.2) is 0 Å². The lowest BCUT2D eigenvalue weighted by atomic mass is 9.99. The second-order valence-electron chi connectivity index (χ2n) is 5.96. The zero-order valence-electron chi connectivity index (χ0n) is 16.4. The molecule has 1 aliphatic rings. The molecule has 0 saturated carbocycles. The van der Waals surface area contributed by atoms with Gasteiger partial charge in [-0.05, 0) is 6.92 Å². The van der Waals surface area contributed by atoms with Crippen LogP contribution in [0, 0.1) is 12.3 Å². The Kier molecular flexibility index (Phi) is 10.2. The van der Waals surface area contributed by atoms with E-state index in [9.17, 15) is 14.4 Å². The Balaban J connectivity index is 2.89. The fourth-order valence-corrected chi connectivity index (χ4v) is 2.58. The van der Waals surface area contributed by atoms with Crippen molar-refractivity contribution in [3.8, 4) is 12.3 Å². The summed E-state index contributed by atoms with van der Waals surface area (Å²) in [6, 6.07) is 0. The number of terminal acetylenes is 1. The molecule has 9 nitrogen and oxygen atoms in total. The largest absolute Gasteiger partial charge is 0.456 e. The summed E-state index contributed by atoms with van der Waals surface area (Å²) in [7, 11) is 0. The van der Waals surface area contributed by atoms with Crippen molar-refractivity contribution in [1.29, 1.82) is 0 Å². The van der Waals surface area contributed by atoms with Crippen LogP contribution in [-0.4, -0.2) is 68.4 Å². The Labute approximate surface area is 164 Å². The molecule has 5 unspecified atom stereocenters. The summed E-state index contributed by atoms with van der Waals surface area (Å²) in [5.41, 5.74) is 0. The number of esters is 3. The molecule has 0 N–H and O–H groups in total. The predicted octanol–water partition coefficient (Wildman–Crippen LogP) is 0.749. The molecule has 28 heavy (non-hydrogen) atoms. The molecule has 5 atom stereocenters. The normalized spacial score (nSPS) is 27.0. The van der Waals surface area contributed by atoms with E-state index in [2.05, 4.69) is 5.92 Å². The van der Waals surface area contributed by atoms with E-state index in [0.29, 0.717) is 6.61 Å². The van der Waals surface area contributed by atoms with Gasteiger partial charge in [0.2, 0.25) is 0 Å². The number of carbonyl (C=O) groups excluding carboxylic acids is 3. The SMILES string of the molecule is C#CCOC/C=C\COC1OC(C)C(OC(C)=O)C(OC(C)=O)C1OC(C)=O. The van der Waals surface area contributed by atoms with Gasteiger partial charge in [0.15, 0.2) is 24.6 Å². The van der Waals surface area contributed by atoms with Crippen molar-refractivity contribution in [3.05, 3.63) is 12.2 Å². The van der Waals surface area contributed by atoms with Crippen LogP contribution < -0.4 is 0 Å². The highest BCUT2D eigenvalue weighted by Gasteiger charge is 2.50. The molecular formula is C19H26O9. The van der Waals surface area contributed by atoms with Crippen LogP contribution in [-0.2, 0) is 42.8 Å². The number of carbonyl (C=O) groups is 3. The molecule has 9 heteroatoms. The highest BCUT2D eigenvalue weighted by molar-refractivity contribution is 5.68. The minimum atomic E-state index is -1.12. The molecule has 0 bridgehead atoms. The van der Waals surface area contributed by atoms with E-state index in [-0.39, 0.29) is 13.2 Å².